The Morgan fingerprint density at radius 1 is 1.35 bits per heavy atom. The normalized spacial score (nSPS) is 10.0. The van der Waals surface area contributed by atoms with Crippen molar-refractivity contribution in [2.75, 3.05) is 0 Å². The summed E-state index contributed by atoms with van der Waals surface area (Å²) < 4.78 is 18.1. The van der Waals surface area contributed by atoms with Crippen LogP contribution in [0.5, 0.6) is 11.6 Å². The molecule has 1 heterocycles. The van der Waals surface area contributed by atoms with E-state index >= 15 is 0 Å². The highest BCUT2D eigenvalue weighted by Gasteiger charge is 2.08. The van der Waals surface area contributed by atoms with Crippen molar-refractivity contribution in [3.05, 3.63) is 52.3 Å². The Balaban J connectivity index is 2.32. The van der Waals surface area contributed by atoms with E-state index in [4.69, 9.17) is 16.3 Å². The van der Waals surface area contributed by atoms with E-state index in [9.17, 15) is 9.30 Å². The van der Waals surface area contributed by atoms with Crippen LogP contribution in [0, 0.1) is 10.7 Å². The summed E-state index contributed by atoms with van der Waals surface area (Å²) in [6.07, 6.45) is 1.31. The Labute approximate surface area is 101 Å². The fraction of sp³-hybridized carbons (Fsp3) is 0. The van der Waals surface area contributed by atoms with Crippen molar-refractivity contribution in [3.63, 3.8) is 0 Å². The van der Waals surface area contributed by atoms with E-state index in [0.717, 1.165) is 0 Å². The second kappa shape index (κ2) is 4.88. The molecule has 1 aromatic carbocycles. The Morgan fingerprint density at radius 3 is 2.88 bits per heavy atom. The Hall–Kier alpha value is -2.01. The van der Waals surface area contributed by atoms with Gasteiger partial charge in [0, 0.05) is 12.3 Å². The van der Waals surface area contributed by atoms with Crippen LogP contribution in [-0.2, 0) is 0 Å². The zero-order valence-electron chi connectivity index (χ0n) is 8.43. The number of aromatic nitrogens is 1. The molecule has 0 radical (unpaired) electrons. The second-order valence-corrected chi connectivity index (χ2v) is 3.56. The zero-order valence-corrected chi connectivity index (χ0v) is 9.19. The quantitative estimate of drug-likeness (QED) is 0.774. The van der Waals surface area contributed by atoms with Gasteiger partial charge in [0.25, 0.3) is 0 Å². The molecule has 2 rings (SSSR count). The first-order chi connectivity index (χ1) is 8.19. The van der Waals surface area contributed by atoms with Gasteiger partial charge in [-0.3, -0.25) is 0 Å². The first-order valence-electron chi connectivity index (χ1n) is 4.61. The van der Waals surface area contributed by atoms with Crippen LogP contribution in [0.1, 0.15) is 0 Å². The predicted octanol–water partition coefficient (Wildman–Crippen LogP) is 4.06. The minimum atomic E-state index is -0.447. The highest BCUT2D eigenvalue weighted by Crippen LogP contribution is 2.31. The summed E-state index contributed by atoms with van der Waals surface area (Å²) in [5.74, 6) is -0.239. The summed E-state index contributed by atoms with van der Waals surface area (Å²) in [5, 5.41) is 3.00. The molecule has 0 saturated carbocycles. The highest BCUT2D eigenvalue weighted by atomic mass is 35.5. The fourth-order valence-corrected chi connectivity index (χ4v) is 1.35. The van der Waals surface area contributed by atoms with E-state index in [1.165, 1.54) is 36.5 Å². The third kappa shape index (κ3) is 2.76. The van der Waals surface area contributed by atoms with Crippen molar-refractivity contribution in [2.45, 2.75) is 0 Å². The number of benzene rings is 1. The number of pyridine rings is 1. The van der Waals surface area contributed by atoms with Gasteiger partial charge in [0.1, 0.15) is 11.6 Å². The summed E-state index contributed by atoms with van der Waals surface area (Å²) in [5.41, 5.74) is -0.0400. The number of nitroso groups, excluding NO2 is 1. The van der Waals surface area contributed by atoms with Gasteiger partial charge >= 0.3 is 0 Å². The number of ether oxygens (including phenoxy) is 1. The number of nitrogens with zero attached hydrogens (tertiary/aromatic N) is 2. The Morgan fingerprint density at radius 2 is 2.18 bits per heavy atom. The molecule has 0 aliphatic rings. The maximum atomic E-state index is 12.9. The van der Waals surface area contributed by atoms with Gasteiger partial charge in [-0.2, -0.15) is 0 Å². The van der Waals surface area contributed by atoms with Crippen molar-refractivity contribution in [1.29, 1.82) is 0 Å². The molecule has 0 atom stereocenters. The van der Waals surface area contributed by atoms with Crippen molar-refractivity contribution < 1.29 is 9.13 Å². The zero-order chi connectivity index (χ0) is 12.3. The van der Waals surface area contributed by atoms with Crippen molar-refractivity contribution in [1.82, 2.24) is 4.98 Å². The second-order valence-electron chi connectivity index (χ2n) is 3.13. The smallest absolute Gasteiger partial charge is 0.249 e. The standard InChI is InChI=1S/C11H6ClFN2O2/c12-7-4-10(15-16)11(14-6-7)17-9-3-1-2-8(13)5-9/h1-6H. The van der Waals surface area contributed by atoms with Gasteiger partial charge in [-0.05, 0) is 23.4 Å². The van der Waals surface area contributed by atoms with Gasteiger partial charge in [-0.15, -0.1) is 4.91 Å². The van der Waals surface area contributed by atoms with Crippen LogP contribution in [0.25, 0.3) is 0 Å². The summed E-state index contributed by atoms with van der Waals surface area (Å²) in [6.45, 7) is 0. The van der Waals surface area contributed by atoms with Crippen molar-refractivity contribution in [3.8, 4) is 11.6 Å². The highest BCUT2D eigenvalue weighted by molar-refractivity contribution is 6.30. The van der Waals surface area contributed by atoms with E-state index in [1.54, 1.807) is 0 Å². The SMILES string of the molecule is O=Nc1cc(Cl)cnc1Oc1cccc(F)c1. The van der Waals surface area contributed by atoms with E-state index < -0.39 is 5.82 Å². The lowest BCUT2D eigenvalue weighted by molar-refractivity contribution is 0.459. The molecule has 0 unspecified atom stereocenters. The summed E-state index contributed by atoms with van der Waals surface area (Å²) >= 11 is 5.65. The number of hydrogen-bond acceptors (Lipinski definition) is 4. The van der Waals surface area contributed by atoms with Gasteiger partial charge in [0.15, 0.2) is 5.69 Å². The molecule has 2 aromatic rings. The molecule has 0 saturated heterocycles. The monoisotopic (exact) mass is 252 g/mol. The number of halogens is 2. The lowest BCUT2D eigenvalue weighted by Crippen LogP contribution is -1.88. The molecule has 0 spiro atoms. The minimum Gasteiger partial charge on any atom is -0.437 e. The molecule has 6 heteroatoms. The maximum absolute atomic E-state index is 12.9. The Kier molecular flexibility index (Phi) is 3.30. The molecule has 0 aliphatic heterocycles. The molecule has 0 aliphatic carbocycles. The van der Waals surface area contributed by atoms with Crippen LogP contribution >= 0.6 is 11.6 Å². The van der Waals surface area contributed by atoms with Gasteiger partial charge in [-0.1, -0.05) is 17.7 Å². The largest absolute Gasteiger partial charge is 0.437 e. The first kappa shape index (κ1) is 11.5. The molecular formula is C11H6ClFN2O2. The summed E-state index contributed by atoms with van der Waals surface area (Å²) in [7, 11) is 0. The number of hydrogen-bond donors (Lipinski definition) is 0. The molecule has 86 valence electrons. The molecular weight excluding hydrogens is 247 g/mol. The summed E-state index contributed by atoms with van der Waals surface area (Å²) in [4.78, 5) is 14.3. The van der Waals surface area contributed by atoms with Crippen molar-refractivity contribution >= 4 is 17.3 Å². The predicted molar refractivity (Wildman–Crippen MR) is 61.2 cm³/mol. The average Bonchev–Trinajstić information content (AvgIpc) is 2.31. The molecule has 0 N–H and O–H groups in total. The molecule has 0 fully saturated rings. The summed E-state index contributed by atoms with van der Waals surface area (Å²) in [6, 6.07) is 6.78. The number of rotatable bonds is 3. The van der Waals surface area contributed by atoms with E-state index in [2.05, 4.69) is 10.2 Å². The molecule has 1 aromatic heterocycles. The van der Waals surface area contributed by atoms with Gasteiger partial charge in [-0.25, -0.2) is 9.37 Å². The van der Waals surface area contributed by atoms with Crippen LogP contribution < -0.4 is 4.74 Å². The third-order valence-corrected chi connectivity index (χ3v) is 2.11. The van der Waals surface area contributed by atoms with Crippen LogP contribution in [0.2, 0.25) is 5.02 Å². The molecule has 0 amide bonds. The molecule has 0 bridgehead atoms. The van der Waals surface area contributed by atoms with Crippen LogP contribution in [0.15, 0.2) is 41.7 Å². The van der Waals surface area contributed by atoms with Gasteiger partial charge < -0.3 is 4.74 Å². The lowest BCUT2D eigenvalue weighted by Gasteiger charge is -2.05. The minimum absolute atomic E-state index is 0.0185. The topological polar surface area (TPSA) is 51.5 Å². The maximum Gasteiger partial charge on any atom is 0.249 e. The van der Waals surface area contributed by atoms with Crippen LogP contribution in [0.4, 0.5) is 10.1 Å². The van der Waals surface area contributed by atoms with Crippen LogP contribution in [0.3, 0.4) is 0 Å². The van der Waals surface area contributed by atoms with Crippen LogP contribution in [-0.4, -0.2) is 4.98 Å². The van der Waals surface area contributed by atoms with Crippen molar-refractivity contribution in [2.24, 2.45) is 5.18 Å². The van der Waals surface area contributed by atoms with E-state index in [0.29, 0.717) is 0 Å². The Bertz CT molecular complexity index is 563. The molecule has 17 heavy (non-hydrogen) atoms. The molecule has 4 nitrogen and oxygen atoms in total. The van der Waals surface area contributed by atoms with E-state index in [1.807, 2.05) is 0 Å². The lowest BCUT2D eigenvalue weighted by atomic mass is 10.3. The average molecular weight is 253 g/mol. The van der Waals surface area contributed by atoms with E-state index in [-0.39, 0.29) is 22.3 Å². The third-order valence-electron chi connectivity index (χ3n) is 1.91. The fourth-order valence-electron chi connectivity index (χ4n) is 1.20. The first-order valence-corrected chi connectivity index (χ1v) is 4.99. The van der Waals surface area contributed by atoms with Gasteiger partial charge in [0.05, 0.1) is 5.02 Å². The van der Waals surface area contributed by atoms with Gasteiger partial charge in [0.2, 0.25) is 5.88 Å².